The lowest BCUT2D eigenvalue weighted by atomic mass is 10.3. The molecule has 2 nitrogen and oxygen atoms in total. The van der Waals surface area contributed by atoms with Crippen molar-refractivity contribution in [1.82, 2.24) is 0 Å². The van der Waals surface area contributed by atoms with Crippen molar-refractivity contribution < 1.29 is 0 Å². The molecule has 82 valence electrons. The monoisotopic (exact) mass is 188 g/mol. The third-order valence-electron chi connectivity index (χ3n) is 0.149. The number of hydrogen-bond acceptors (Lipinski definition) is 1. The third-order valence-corrected chi connectivity index (χ3v) is 0.149. The summed E-state index contributed by atoms with van der Waals surface area (Å²) in [5, 5.41) is 0. The Kier molecular flexibility index (Phi) is 75.4. The quantitative estimate of drug-likeness (QED) is 0.353. The maximum Gasteiger partial charge on any atom is 0.0794 e. The highest BCUT2D eigenvalue weighted by Crippen LogP contribution is 1.81. The van der Waals surface area contributed by atoms with Gasteiger partial charge in [-0.1, -0.05) is 40.7 Å². The van der Waals surface area contributed by atoms with Crippen molar-refractivity contribution in [2.75, 3.05) is 7.05 Å². The first kappa shape index (κ1) is 22.8. The molecule has 13 heavy (non-hydrogen) atoms. The molecule has 0 aromatic rings. The highest BCUT2D eigenvalue weighted by atomic mass is 14.7. The van der Waals surface area contributed by atoms with Crippen molar-refractivity contribution in [1.29, 1.82) is 0 Å². The van der Waals surface area contributed by atoms with Gasteiger partial charge >= 0.3 is 0 Å². The Bertz CT molecular complexity index is 69.4. The van der Waals surface area contributed by atoms with Crippen molar-refractivity contribution >= 4 is 6.34 Å². The van der Waals surface area contributed by atoms with Crippen LogP contribution in [0.2, 0.25) is 0 Å². The van der Waals surface area contributed by atoms with E-state index >= 15 is 0 Å². The molecule has 2 heteroatoms. The van der Waals surface area contributed by atoms with Crippen molar-refractivity contribution in [3.63, 3.8) is 0 Å². The zero-order valence-corrected chi connectivity index (χ0v) is 10.5. The standard InChI is InChI=1S/C4H10.C3H6.C2H6N2.C2H6/c1-4(2)3;1-3-2;1-4-2-3;1-2/h4H,1-3H3;3H,1H2,2H3;2H,1H3,(H2,3,4);1-2H3. The fourth-order valence-corrected chi connectivity index (χ4v) is 0. The lowest BCUT2D eigenvalue weighted by Crippen LogP contribution is -1.84. The minimum absolute atomic E-state index is 0.833. The highest BCUT2D eigenvalue weighted by molar-refractivity contribution is 5.50. The van der Waals surface area contributed by atoms with Crippen LogP contribution in [0.3, 0.4) is 0 Å². The second-order valence-corrected chi connectivity index (χ2v) is 2.55. The zero-order valence-electron chi connectivity index (χ0n) is 10.5. The fourth-order valence-electron chi connectivity index (χ4n) is 0. The average Bonchev–Trinajstić information content (AvgIpc) is 2.08. The van der Waals surface area contributed by atoms with Crippen LogP contribution in [0.1, 0.15) is 41.5 Å². The molecule has 2 N–H and O–H groups in total. The predicted octanol–water partition coefficient (Wildman–Crippen LogP) is 3.48. The molecule has 0 heterocycles. The molecule has 0 radical (unpaired) electrons. The molecule has 0 rings (SSSR count). The van der Waals surface area contributed by atoms with Gasteiger partial charge in [-0.3, -0.25) is 4.99 Å². The molecule has 0 atom stereocenters. The summed E-state index contributed by atoms with van der Waals surface area (Å²) >= 11 is 0. The van der Waals surface area contributed by atoms with Crippen LogP contribution in [0.25, 0.3) is 0 Å². The van der Waals surface area contributed by atoms with Crippen molar-refractivity contribution in [3.05, 3.63) is 12.7 Å². The van der Waals surface area contributed by atoms with Gasteiger partial charge in [0.2, 0.25) is 0 Å². The molecule has 0 aliphatic heterocycles. The number of aliphatic imine (C=N–C) groups is 1. The molecular weight excluding hydrogens is 160 g/mol. The number of hydrogen-bond donors (Lipinski definition) is 1. The molecule has 0 saturated carbocycles. The molecule has 0 amide bonds. The van der Waals surface area contributed by atoms with Crippen LogP contribution < -0.4 is 5.73 Å². The van der Waals surface area contributed by atoms with Gasteiger partial charge in [-0.15, -0.1) is 6.58 Å². The van der Waals surface area contributed by atoms with Gasteiger partial charge in [0.05, 0.1) is 6.34 Å². The Labute approximate surface area is 85.0 Å². The van der Waals surface area contributed by atoms with Crippen LogP contribution in [0, 0.1) is 5.92 Å². The Morgan fingerprint density at radius 1 is 1.23 bits per heavy atom. The van der Waals surface area contributed by atoms with E-state index in [4.69, 9.17) is 5.73 Å². The van der Waals surface area contributed by atoms with E-state index in [1.54, 1.807) is 13.1 Å². The molecular formula is C11H28N2. The first-order valence-electron chi connectivity index (χ1n) is 4.76. The van der Waals surface area contributed by atoms with Gasteiger partial charge in [-0.2, -0.15) is 0 Å². The summed E-state index contributed by atoms with van der Waals surface area (Å²) in [5.74, 6) is 0.833. The van der Waals surface area contributed by atoms with E-state index in [-0.39, 0.29) is 0 Å². The fraction of sp³-hybridized carbons (Fsp3) is 0.727. The maximum atomic E-state index is 4.74. The summed E-state index contributed by atoms with van der Waals surface area (Å²) in [4.78, 5) is 3.39. The second kappa shape index (κ2) is 43.1. The number of nitrogens with zero attached hydrogens (tertiary/aromatic N) is 1. The molecule has 0 aliphatic rings. The van der Waals surface area contributed by atoms with E-state index in [0.717, 1.165) is 5.92 Å². The van der Waals surface area contributed by atoms with Gasteiger partial charge < -0.3 is 5.73 Å². The molecule has 0 aromatic heterocycles. The summed E-state index contributed by atoms with van der Waals surface area (Å²) in [6, 6.07) is 0. The Hall–Kier alpha value is -0.790. The summed E-state index contributed by atoms with van der Waals surface area (Å²) in [6.45, 7) is 15.7. The first-order valence-corrected chi connectivity index (χ1v) is 4.76. The molecule has 0 saturated heterocycles. The topological polar surface area (TPSA) is 38.4 Å². The SMILES string of the molecule is C=CC.CC.CC(C)C.CN=CN. The van der Waals surface area contributed by atoms with Crippen LogP contribution in [0.4, 0.5) is 0 Å². The minimum Gasteiger partial charge on any atom is -0.390 e. The Morgan fingerprint density at radius 2 is 1.31 bits per heavy atom. The molecule has 0 spiro atoms. The molecule has 0 unspecified atom stereocenters. The predicted molar refractivity (Wildman–Crippen MR) is 66.3 cm³/mol. The van der Waals surface area contributed by atoms with Crippen LogP contribution in [0.15, 0.2) is 17.6 Å². The van der Waals surface area contributed by atoms with E-state index < -0.39 is 0 Å². The van der Waals surface area contributed by atoms with Crippen LogP contribution in [0.5, 0.6) is 0 Å². The summed E-state index contributed by atoms with van der Waals surface area (Å²) in [6.07, 6.45) is 3.00. The normalized spacial score (nSPS) is 7.08. The Balaban J connectivity index is -0.0000000431. The van der Waals surface area contributed by atoms with Gasteiger partial charge in [-0.25, -0.2) is 0 Å². The molecule has 0 bridgehead atoms. The van der Waals surface area contributed by atoms with Crippen molar-refractivity contribution in [2.45, 2.75) is 41.5 Å². The second-order valence-electron chi connectivity index (χ2n) is 2.55. The van der Waals surface area contributed by atoms with Crippen molar-refractivity contribution in [3.8, 4) is 0 Å². The Morgan fingerprint density at radius 3 is 1.31 bits per heavy atom. The highest BCUT2D eigenvalue weighted by Gasteiger charge is 1.68. The van der Waals surface area contributed by atoms with E-state index in [1.807, 2.05) is 20.8 Å². The largest absolute Gasteiger partial charge is 0.390 e. The smallest absolute Gasteiger partial charge is 0.0794 e. The van der Waals surface area contributed by atoms with E-state index in [1.165, 1.54) is 6.34 Å². The van der Waals surface area contributed by atoms with Gasteiger partial charge in [0, 0.05) is 7.05 Å². The summed E-state index contributed by atoms with van der Waals surface area (Å²) in [5.41, 5.74) is 4.74. The maximum absolute atomic E-state index is 4.74. The lowest BCUT2D eigenvalue weighted by Gasteiger charge is -1.79. The molecule has 0 aromatic carbocycles. The van der Waals surface area contributed by atoms with E-state index in [9.17, 15) is 0 Å². The average molecular weight is 188 g/mol. The van der Waals surface area contributed by atoms with Crippen LogP contribution in [-0.4, -0.2) is 13.4 Å². The zero-order chi connectivity index (χ0) is 11.7. The number of nitrogens with two attached hydrogens (primary N) is 1. The van der Waals surface area contributed by atoms with Crippen LogP contribution in [-0.2, 0) is 0 Å². The minimum atomic E-state index is 0.833. The molecule has 0 fully saturated rings. The van der Waals surface area contributed by atoms with Gasteiger partial charge in [0.25, 0.3) is 0 Å². The third kappa shape index (κ3) is 21600. The summed E-state index contributed by atoms with van der Waals surface area (Å²) < 4.78 is 0. The van der Waals surface area contributed by atoms with Gasteiger partial charge in [-0.05, 0) is 12.8 Å². The number of allylic oxidation sites excluding steroid dienone is 1. The van der Waals surface area contributed by atoms with E-state index in [2.05, 4.69) is 32.3 Å². The summed E-state index contributed by atoms with van der Waals surface area (Å²) in [7, 11) is 1.62. The number of rotatable bonds is 0. The van der Waals surface area contributed by atoms with Crippen LogP contribution >= 0.6 is 0 Å². The van der Waals surface area contributed by atoms with E-state index in [0.29, 0.717) is 0 Å². The van der Waals surface area contributed by atoms with Gasteiger partial charge in [0.15, 0.2) is 0 Å². The van der Waals surface area contributed by atoms with Gasteiger partial charge in [0.1, 0.15) is 0 Å². The first-order chi connectivity index (χ1) is 6.06. The lowest BCUT2D eigenvalue weighted by molar-refractivity contribution is 0.737. The van der Waals surface area contributed by atoms with Crippen molar-refractivity contribution in [2.24, 2.45) is 16.6 Å². The molecule has 0 aliphatic carbocycles.